The molecule has 1 aliphatic rings. The number of hydrogen-bond acceptors (Lipinski definition) is 3. The van der Waals surface area contributed by atoms with Gasteiger partial charge in [-0.15, -0.1) is 24.8 Å². The van der Waals surface area contributed by atoms with Gasteiger partial charge in [-0.1, -0.05) is 6.92 Å². The standard InChI is InChI=1S/C15H26N4O.2ClH/c1-13(14-4-7-16-8-5-14)12-15(20)18(2)10-11-19-9-3-6-17-19;;/h3,6,9,13-14,16H,4-5,7-8,10-12H2,1-2H3;2*1H. The molecule has 0 aliphatic carbocycles. The van der Waals surface area contributed by atoms with E-state index in [2.05, 4.69) is 17.3 Å². The van der Waals surface area contributed by atoms with Crippen LogP contribution in [0.4, 0.5) is 0 Å². The summed E-state index contributed by atoms with van der Waals surface area (Å²) in [7, 11) is 1.89. The number of rotatable bonds is 6. The largest absolute Gasteiger partial charge is 0.344 e. The maximum absolute atomic E-state index is 12.2. The molecule has 1 atom stereocenters. The zero-order valence-corrected chi connectivity index (χ0v) is 15.0. The van der Waals surface area contributed by atoms with Crippen molar-refractivity contribution in [3.05, 3.63) is 18.5 Å². The van der Waals surface area contributed by atoms with Gasteiger partial charge in [-0.25, -0.2) is 0 Å². The first-order valence-electron chi connectivity index (χ1n) is 7.59. The number of carbonyl (C=O) groups is 1. The molecule has 1 aromatic heterocycles. The van der Waals surface area contributed by atoms with Gasteiger partial charge in [-0.05, 0) is 43.8 Å². The molecule has 7 heteroatoms. The van der Waals surface area contributed by atoms with E-state index in [1.807, 2.05) is 28.9 Å². The second-order valence-corrected chi connectivity index (χ2v) is 5.85. The van der Waals surface area contributed by atoms with E-state index in [9.17, 15) is 4.79 Å². The summed E-state index contributed by atoms with van der Waals surface area (Å²) in [5.74, 6) is 1.43. The van der Waals surface area contributed by atoms with Gasteiger partial charge >= 0.3 is 0 Å². The summed E-state index contributed by atoms with van der Waals surface area (Å²) < 4.78 is 1.86. The molecule has 1 aliphatic heterocycles. The maximum Gasteiger partial charge on any atom is 0.222 e. The third-order valence-electron chi connectivity index (χ3n) is 4.33. The highest BCUT2D eigenvalue weighted by molar-refractivity contribution is 5.85. The normalized spacial score (nSPS) is 16.3. The lowest BCUT2D eigenvalue weighted by Crippen LogP contribution is -2.35. The van der Waals surface area contributed by atoms with Gasteiger partial charge in [0, 0.05) is 32.4 Å². The van der Waals surface area contributed by atoms with Gasteiger partial charge in [-0.3, -0.25) is 9.48 Å². The average Bonchev–Trinajstić information content (AvgIpc) is 2.98. The fourth-order valence-electron chi connectivity index (χ4n) is 2.82. The zero-order chi connectivity index (χ0) is 14.4. The monoisotopic (exact) mass is 350 g/mol. The molecule has 0 aromatic carbocycles. The predicted molar refractivity (Wildman–Crippen MR) is 93.7 cm³/mol. The molecular weight excluding hydrogens is 323 g/mol. The Morgan fingerprint density at radius 2 is 2.09 bits per heavy atom. The lowest BCUT2D eigenvalue weighted by molar-refractivity contribution is -0.131. The Labute approximate surface area is 145 Å². The molecule has 0 saturated carbocycles. The molecular formula is C15H28Cl2N4O. The number of amides is 1. The smallest absolute Gasteiger partial charge is 0.222 e. The molecule has 1 aromatic rings. The van der Waals surface area contributed by atoms with Crippen LogP contribution in [0, 0.1) is 11.8 Å². The third-order valence-corrected chi connectivity index (χ3v) is 4.33. The first kappa shape index (κ1) is 21.2. The minimum absolute atomic E-state index is 0. The second kappa shape index (κ2) is 10.9. The SMILES string of the molecule is CC(CC(=O)N(C)CCn1cccn1)C1CCNCC1.Cl.Cl. The number of piperidine rings is 1. The van der Waals surface area contributed by atoms with Crippen molar-refractivity contribution in [1.29, 1.82) is 0 Å². The number of likely N-dealkylation sites (N-methyl/N-ethyl adjacent to an activating group) is 1. The number of nitrogens with zero attached hydrogens (tertiary/aromatic N) is 3. The van der Waals surface area contributed by atoms with Gasteiger partial charge in [0.05, 0.1) is 6.54 Å². The summed E-state index contributed by atoms with van der Waals surface area (Å²) in [5, 5.41) is 7.53. The van der Waals surface area contributed by atoms with E-state index in [4.69, 9.17) is 0 Å². The molecule has 0 spiro atoms. The topological polar surface area (TPSA) is 50.2 Å². The van der Waals surface area contributed by atoms with E-state index in [1.54, 1.807) is 6.20 Å². The van der Waals surface area contributed by atoms with Crippen LogP contribution in [0.2, 0.25) is 0 Å². The first-order valence-corrected chi connectivity index (χ1v) is 7.59. The molecule has 0 radical (unpaired) electrons. The van der Waals surface area contributed by atoms with Crippen molar-refractivity contribution >= 4 is 30.7 Å². The molecule has 22 heavy (non-hydrogen) atoms. The summed E-state index contributed by atoms with van der Waals surface area (Å²) in [6, 6.07) is 1.90. The van der Waals surface area contributed by atoms with E-state index in [1.165, 1.54) is 12.8 Å². The van der Waals surface area contributed by atoms with Crippen molar-refractivity contribution < 1.29 is 4.79 Å². The minimum atomic E-state index is 0. The zero-order valence-electron chi connectivity index (χ0n) is 13.4. The molecule has 2 heterocycles. The number of nitrogens with one attached hydrogen (secondary N) is 1. The fraction of sp³-hybridized carbons (Fsp3) is 0.733. The average molecular weight is 351 g/mol. The van der Waals surface area contributed by atoms with E-state index >= 15 is 0 Å². The van der Waals surface area contributed by atoms with Crippen molar-refractivity contribution in [2.45, 2.75) is 32.7 Å². The van der Waals surface area contributed by atoms with Crippen LogP contribution in [0.3, 0.4) is 0 Å². The predicted octanol–water partition coefficient (Wildman–Crippen LogP) is 2.21. The number of halogens is 2. The van der Waals surface area contributed by atoms with Crippen molar-refractivity contribution in [3.8, 4) is 0 Å². The van der Waals surface area contributed by atoms with Crippen LogP contribution in [0.25, 0.3) is 0 Å². The van der Waals surface area contributed by atoms with Gasteiger partial charge in [0.15, 0.2) is 0 Å². The van der Waals surface area contributed by atoms with Gasteiger partial charge in [-0.2, -0.15) is 5.10 Å². The first-order chi connectivity index (χ1) is 9.66. The minimum Gasteiger partial charge on any atom is -0.344 e. The Hall–Kier alpha value is -0.780. The molecule has 1 saturated heterocycles. The lowest BCUT2D eigenvalue weighted by Gasteiger charge is -2.29. The second-order valence-electron chi connectivity index (χ2n) is 5.85. The summed E-state index contributed by atoms with van der Waals surface area (Å²) >= 11 is 0. The highest BCUT2D eigenvalue weighted by atomic mass is 35.5. The molecule has 1 fully saturated rings. The van der Waals surface area contributed by atoms with Gasteiger partial charge < -0.3 is 10.2 Å². The number of carbonyl (C=O) groups excluding carboxylic acids is 1. The Morgan fingerprint density at radius 3 is 2.68 bits per heavy atom. The maximum atomic E-state index is 12.2. The van der Waals surface area contributed by atoms with Crippen molar-refractivity contribution in [2.24, 2.45) is 11.8 Å². The Balaban J connectivity index is 0.00000220. The highest BCUT2D eigenvalue weighted by Crippen LogP contribution is 2.24. The van der Waals surface area contributed by atoms with Crippen LogP contribution in [-0.2, 0) is 11.3 Å². The van der Waals surface area contributed by atoms with Gasteiger partial charge in [0.2, 0.25) is 5.91 Å². The Kier molecular flexibility index (Phi) is 10.5. The van der Waals surface area contributed by atoms with Crippen LogP contribution in [0.5, 0.6) is 0 Å². The number of hydrogen-bond donors (Lipinski definition) is 1. The van der Waals surface area contributed by atoms with Crippen LogP contribution in [-0.4, -0.2) is 47.3 Å². The van der Waals surface area contributed by atoms with E-state index in [0.29, 0.717) is 18.3 Å². The summed E-state index contributed by atoms with van der Waals surface area (Å²) in [4.78, 5) is 14.1. The van der Waals surface area contributed by atoms with Crippen molar-refractivity contribution in [3.63, 3.8) is 0 Å². The lowest BCUT2D eigenvalue weighted by atomic mass is 9.84. The summed E-state index contributed by atoms with van der Waals surface area (Å²) in [5.41, 5.74) is 0. The Morgan fingerprint density at radius 1 is 1.41 bits per heavy atom. The molecule has 2 rings (SSSR count). The van der Waals surface area contributed by atoms with E-state index < -0.39 is 0 Å². The number of aromatic nitrogens is 2. The van der Waals surface area contributed by atoms with Crippen molar-refractivity contribution in [1.82, 2.24) is 20.0 Å². The summed E-state index contributed by atoms with van der Waals surface area (Å²) in [6.07, 6.45) is 6.76. The fourth-order valence-corrected chi connectivity index (χ4v) is 2.82. The van der Waals surface area contributed by atoms with Gasteiger partial charge in [0.25, 0.3) is 0 Å². The molecule has 128 valence electrons. The highest BCUT2D eigenvalue weighted by Gasteiger charge is 2.23. The van der Waals surface area contributed by atoms with Crippen LogP contribution < -0.4 is 5.32 Å². The van der Waals surface area contributed by atoms with Crippen LogP contribution >= 0.6 is 24.8 Å². The molecule has 0 bridgehead atoms. The van der Waals surface area contributed by atoms with Crippen LogP contribution in [0.1, 0.15) is 26.2 Å². The molecule has 5 nitrogen and oxygen atoms in total. The van der Waals surface area contributed by atoms with E-state index in [0.717, 1.165) is 26.2 Å². The Bertz CT molecular complexity index is 408. The molecule has 1 N–H and O–H groups in total. The molecule has 1 amide bonds. The molecule has 1 unspecified atom stereocenters. The third kappa shape index (κ3) is 6.55. The summed E-state index contributed by atoms with van der Waals surface area (Å²) in [6.45, 7) is 5.89. The van der Waals surface area contributed by atoms with Crippen LogP contribution in [0.15, 0.2) is 18.5 Å². The van der Waals surface area contributed by atoms with Gasteiger partial charge in [0.1, 0.15) is 0 Å². The van der Waals surface area contributed by atoms with E-state index in [-0.39, 0.29) is 30.7 Å². The quantitative estimate of drug-likeness (QED) is 0.855. The van der Waals surface area contributed by atoms with Crippen molar-refractivity contribution in [2.75, 3.05) is 26.7 Å².